The van der Waals surface area contributed by atoms with Gasteiger partial charge in [0.05, 0.1) is 13.2 Å². The summed E-state index contributed by atoms with van der Waals surface area (Å²) in [7, 11) is 1.72. The first-order valence-electron chi connectivity index (χ1n) is 7.67. The Hall–Kier alpha value is -0.0400. The molecule has 0 amide bonds. The molecule has 0 radical (unpaired) electrons. The Morgan fingerprint density at radius 3 is 2.75 bits per heavy atom. The van der Waals surface area contributed by atoms with Gasteiger partial charge in [0.15, 0.2) is 5.96 Å². The molecule has 120 valence electrons. The third-order valence-electron chi connectivity index (χ3n) is 3.83. The maximum atomic E-state index is 5.08. The molecular formula is C15H32IN3O. The highest BCUT2D eigenvalue weighted by Gasteiger charge is 2.31. The third-order valence-corrected chi connectivity index (χ3v) is 3.83. The van der Waals surface area contributed by atoms with Crippen molar-refractivity contribution >= 4 is 29.9 Å². The van der Waals surface area contributed by atoms with Crippen molar-refractivity contribution in [3.05, 3.63) is 0 Å². The average Bonchev–Trinajstić information content (AvgIpc) is 2.38. The quantitative estimate of drug-likeness (QED) is 0.324. The van der Waals surface area contributed by atoms with Crippen molar-refractivity contribution in [2.24, 2.45) is 10.4 Å². The number of piperidine rings is 1. The Kier molecular flexibility index (Phi) is 10.6. The predicted octanol–water partition coefficient (Wildman–Crippen LogP) is 3.12. The van der Waals surface area contributed by atoms with E-state index in [2.05, 4.69) is 36.0 Å². The minimum Gasteiger partial charge on any atom is -0.383 e. The van der Waals surface area contributed by atoms with Gasteiger partial charge in [-0.3, -0.25) is 4.99 Å². The zero-order valence-electron chi connectivity index (χ0n) is 13.6. The lowest BCUT2D eigenvalue weighted by Gasteiger charge is -2.42. The van der Waals surface area contributed by atoms with Gasteiger partial charge in [0.1, 0.15) is 0 Å². The predicted molar refractivity (Wildman–Crippen MR) is 97.1 cm³/mol. The van der Waals surface area contributed by atoms with Crippen molar-refractivity contribution in [1.29, 1.82) is 0 Å². The molecule has 0 aromatic carbocycles. The van der Waals surface area contributed by atoms with Crippen molar-refractivity contribution < 1.29 is 4.74 Å². The first kappa shape index (κ1) is 20.0. The van der Waals surface area contributed by atoms with E-state index in [1.165, 1.54) is 25.7 Å². The van der Waals surface area contributed by atoms with Gasteiger partial charge in [0.25, 0.3) is 0 Å². The minimum atomic E-state index is 0. The zero-order chi connectivity index (χ0) is 14.1. The molecule has 5 heteroatoms. The van der Waals surface area contributed by atoms with Gasteiger partial charge in [-0.05, 0) is 31.6 Å². The molecule has 0 aliphatic carbocycles. The molecule has 0 bridgehead atoms. The van der Waals surface area contributed by atoms with Crippen LogP contribution in [0, 0.1) is 5.41 Å². The molecule has 0 aromatic rings. The molecular weight excluding hydrogens is 365 g/mol. The summed E-state index contributed by atoms with van der Waals surface area (Å²) in [6, 6.07) is 0. The standard InChI is InChI=1S/C15H31N3O.HI/c1-5-8-15(3)9-7-11-18(13-15)14(16-6-2)17-10-12-19-4;/h5-13H2,1-4H3,(H,16,17);1H. The summed E-state index contributed by atoms with van der Waals surface area (Å²) in [5, 5.41) is 3.41. The molecule has 1 aliphatic rings. The fourth-order valence-corrected chi connectivity index (χ4v) is 2.97. The number of hydrogen-bond acceptors (Lipinski definition) is 2. The van der Waals surface area contributed by atoms with Crippen LogP contribution in [0.15, 0.2) is 4.99 Å². The van der Waals surface area contributed by atoms with E-state index in [9.17, 15) is 0 Å². The SMILES string of the molecule is CCCC1(C)CCCN(C(=NCCOC)NCC)C1.I. The second-order valence-electron chi connectivity index (χ2n) is 5.81. The van der Waals surface area contributed by atoms with Crippen LogP contribution >= 0.6 is 24.0 Å². The number of guanidine groups is 1. The van der Waals surface area contributed by atoms with Crippen LogP contribution in [0.1, 0.15) is 46.5 Å². The molecule has 0 saturated carbocycles. The Bertz CT molecular complexity index is 282. The van der Waals surface area contributed by atoms with Crippen LogP contribution in [0.25, 0.3) is 0 Å². The molecule has 0 spiro atoms. The Labute approximate surface area is 141 Å². The monoisotopic (exact) mass is 397 g/mol. The van der Waals surface area contributed by atoms with Crippen molar-refractivity contribution in [1.82, 2.24) is 10.2 Å². The summed E-state index contributed by atoms with van der Waals surface area (Å²) in [6.07, 6.45) is 5.18. The highest BCUT2D eigenvalue weighted by Crippen LogP contribution is 2.33. The van der Waals surface area contributed by atoms with Crippen LogP contribution < -0.4 is 5.32 Å². The summed E-state index contributed by atoms with van der Waals surface area (Å²) in [4.78, 5) is 7.09. The second-order valence-corrected chi connectivity index (χ2v) is 5.81. The van der Waals surface area contributed by atoms with E-state index in [0.717, 1.165) is 32.1 Å². The number of ether oxygens (including phenoxy) is 1. The van der Waals surface area contributed by atoms with Crippen LogP contribution in [-0.4, -0.2) is 50.8 Å². The first-order valence-corrected chi connectivity index (χ1v) is 7.67. The number of aliphatic imine (C=N–C) groups is 1. The Balaban J connectivity index is 0.00000361. The fraction of sp³-hybridized carbons (Fsp3) is 0.933. The van der Waals surface area contributed by atoms with E-state index in [1.54, 1.807) is 7.11 Å². The molecule has 1 saturated heterocycles. The number of likely N-dealkylation sites (tertiary alicyclic amines) is 1. The molecule has 0 aromatic heterocycles. The van der Waals surface area contributed by atoms with Gasteiger partial charge in [-0.15, -0.1) is 24.0 Å². The van der Waals surface area contributed by atoms with Gasteiger partial charge >= 0.3 is 0 Å². The highest BCUT2D eigenvalue weighted by molar-refractivity contribution is 14.0. The van der Waals surface area contributed by atoms with Gasteiger partial charge in [-0.25, -0.2) is 0 Å². The summed E-state index contributed by atoms with van der Waals surface area (Å²) >= 11 is 0. The van der Waals surface area contributed by atoms with Crippen LogP contribution in [0.4, 0.5) is 0 Å². The topological polar surface area (TPSA) is 36.9 Å². The highest BCUT2D eigenvalue weighted by atomic mass is 127. The summed E-state index contributed by atoms with van der Waals surface area (Å²) in [6.45, 7) is 11.4. The molecule has 1 unspecified atom stereocenters. The number of hydrogen-bond donors (Lipinski definition) is 1. The number of nitrogens with zero attached hydrogens (tertiary/aromatic N) is 2. The van der Waals surface area contributed by atoms with Gasteiger partial charge in [-0.2, -0.15) is 0 Å². The largest absolute Gasteiger partial charge is 0.383 e. The summed E-state index contributed by atoms with van der Waals surface area (Å²) in [5.41, 5.74) is 0.449. The van der Waals surface area contributed by atoms with Gasteiger partial charge in [0, 0.05) is 26.7 Å². The molecule has 1 atom stereocenters. The fourth-order valence-electron chi connectivity index (χ4n) is 2.97. The molecule has 1 fully saturated rings. The van der Waals surface area contributed by atoms with Crippen LogP contribution in [0.5, 0.6) is 0 Å². The van der Waals surface area contributed by atoms with Gasteiger partial charge in [0.2, 0.25) is 0 Å². The lowest BCUT2D eigenvalue weighted by Crippen LogP contribution is -2.50. The molecule has 1 N–H and O–H groups in total. The smallest absolute Gasteiger partial charge is 0.194 e. The second kappa shape index (κ2) is 10.7. The number of halogens is 1. The Morgan fingerprint density at radius 1 is 1.40 bits per heavy atom. The van der Waals surface area contributed by atoms with Gasteiger partial charge < -0.3 is 15.0 Å². The van der Waals surface area contributed by atoms with Crippen molar-refractivity contribution in [2.45, 2.75) is 46.5 Å². The average molecular weight is 397 g/mol. The van der Waals surface area contributed by atoms with E-state index < -0.39 is 0 Å². The number of rotatable bonds is 6. The van der Waals surface area contributed by atoms with Crippen LogP contribution in [0.2, 0.25) is 0 Å². The molecule has 1 heterocycles. The molecule has 4 nitrogen and oxygen atoms in total. The third kappa shape index (κ3) is 6.61. The summed E-state index contributed by atoms with van der Waals surface area (Å²) in [5.74, 6) is 1.06. The first-order chi connectivity index (χ1) is 9.15. The van der Waals surface area contributed by atoms with Crippen LogP contribution in [0.3, 0.4) is 0 Å². The molecule has 1 aliphatic heterocycles. The normalized spacial score (nSPS) is 23.4. The van der Waals surface area contributed by atoms with Crippen LogP contribution in [-0.2, 0) is 4.74 Å². The van der Waals surface area contributed by atoms with Gasteiger partial charge in [-0.1, -0.05) is 20.3 Å². The number of methoxy groups -OCH3 is 1. The maximum absolute atomic E-state index is 5.08. The van der Waals surface area contributed by atoms with Crippen molar-refractivity contribution in [3.8, 4) is 0 Å². The van der Waals surface area contributed by atoms with Crippen molar-refractivity contribution in [2.75, 3.05) is 39.9 Å². The molecule has 20 heavy (non-hydrogen) atoms. The molecule has 1 rings (SSSR count). The maximum Gasteiger partial charge on any atom is 0.194 e. The van der Waals surface area contributed by atoms with E-state index in [1.807, 2.05) is 0 Å². The number of nitrogens with one attached hydrogen (secondary N) is 1. The summed E-state index contributed by atoms with van der Waals surface area (Å²) < 4.78 is 5.08. The zero-order valence-corrected chi connectivity index (χ0v) is 15.9. The van der Waals surface area contributed by atoms with E-state index >= 15 is 0 Å². The minimum absolute atomic E-state index is 0. The van der Waals surface area contributed by atoms with E-state index in [4.69, 9.17) is 4.74 Å². The van der Waals surface area contributed by atoms with E-state index in [0.29, 0.717) is 12.0 Å². The lowest BCUT2D eigenvalue weighted by molar-refractivity contribution is 0.142. The Morgan fingerprint density at radius 2 is 2.15 bits per heavy atom. The lowest BCUT2D eigenvalue weighted by atomic mass is 9.78. The van der Waals surface area contributed by atoms with E-state index in [-0.39, 0.29) is 24.0 Å². The van der Waals surface area contributed by atoms with Crippen molar-refractivity contribution in [3.63, 3.8) is 0 Å².